The predicted molar refractivity (Wildman–Crippen MR) is 50.5 cm³/mol. The van der Waals surface area contributed by atoms with Gasteiger partial charge in [0.05, 0.1) is 12.2 Å². The van der Waals surface area contributed by atoms with Crippen LogP contribution in [-0.2, 0) is 4.74 Å². The lowest BCUT2D eigenvalue weighted by Crippen LogP contribution is -2.41. The van der Waals surface area contributed by atoms with Crippen LogP contribution in [0.15, 0.2) is 0 Å². The normalized spacial score (nSPS) is 46.5. The summed E-state index contributed by atoms with van der Waals surface area (Å²) in [7, 11) is 1.67. The van der Waals surface area contributed by atoms with Gasteiger partial charge in [-0.1, -0.05) is 0 Å². The zero-order chi connectivity index (χ0) is 8.60. The van der Waals surface area contributed by atoms with Gasteiger partial charge in [0.1, 0.15) is 0 Å². The van der Waals surface area contributed by atoms with Crippen molar-refractivity contribution < 1.29 is 9.84 Å². The molecule has 0 saturated carbocycles. The molecule has 0 radical (unpaired) electrons. The summed E-state index contributed by atoms with van der Waals surface area (Å²) < 4.78 is 5.05. The largest absolute Gasteiger partial charge is 0.387 e. The summed E-state index contributed by atoms with van der Waals surface area (Å²) in [6.45, 7) is 0.514. The van der Waals surface area contributed by atoms with Crippen molar-refractivity contribution in [3.63, 3.8) is 0 Å². The third-order valence-corrected chi connectivity index (χ3v) is 4.40. The van der Waals surface area contributed by atoms with Gasteiger partial charge < -0.3 is 9.84 Å². The minimum Gasteiger partial charge on any atom is -0.387 e. The molecule has 0 aromatic carbocycles. The van der Waals surface area contributed by atoms with E-state index in [0.29, 0.717) is 17.1 Å². The molecule has 2 aliphatic heterocycles. The van der Waals surface area contributed by atoms with Gasteiger partial charge in [-0.3, -0.25) is 0 Å². The van der Waals surface area contributed by atoms with Crippen LogP contribution in [0.3, 0.4) is 0 Å². The first-order valence-electron chi connectivity index (χ1n) is 4.59. The number of methoxy groups -OCH3 is 1. The lowest BCUT2D eigenvalue weighted by molar-refractivity contribution is -0.0421. The molecule has 0 aliphatic carbocycles. The molecule has 2 aliphatic rings. The molecule has 2 rings (SSSR count). The second-order valence-electron chi connectivity index (χ2n) is 4.02. The number of aliphatic hydroxyl groups is 1. The summed E-state index contributed by atoms with van der Waals surface area (Å²) in [6.07, 6.45) is 4.45. The van der Waals surface area contributed by atoms with E-state index in [1.165, 1.54) is 12.8 Å². The van der Waals surface area contributed by atoms with Crippen LogP contribution >= 0.6 is 11.8 Å². The summed E-state index contributed by atoms with van der Waals surface area (Å²) in [5, 5.41) is 11.5. The van der Waals surface area contributed by atoms with Crippen LogP contribution in [0.1, 0.15) is 25.7 Å². The van der Waals surface area contributed by atoms with E-state index < -0.39 is 5.60 Å². The second kappa shape index (κ2) is 3.20. The van der Waals surface area contributed by atoms with Crippen LogP contribution in [0.25, 0.3) is 0 Å². The number of fused-ring (bicyclic) bond motifs is 2. The van der Waals surface area contributed by atoms with Crippen LogP contribution in [0.5, 0.6) is 0 Å². The molecule has 2 unspecified atom stereocenters. The Morgan fingerprint density at radius 3 is 2.50 bits per heavy atom. The van der Waals surface area contributed by atoms with Crippen molar-refractivity contribution in [3.05, 3.63) is 0 Å². The summed E-state index contributed by atoms with van der Waals surface area (Å²) in [4.78, 5) is 0. The Kier molecular flexibility index (Phi) is 2.36. The van der Waals surface area contributed by atoms with E-state index in [-0.39, 0.29) is 0 Å². The highest BCUT2D eigenvalue weighted by atomic mass is 32.2. The maximum absolute atomic E-state index is 10.1. The molecule has 70 valence electrons. The van der Waals surface area contributed by atoms with E-state index >= 15 is 0 Å². The summed E-state index contributed by atoms with van der Waals surface area (Å²) in [6, 6.07) is 0. The monoisotopic (exact) mass is 188 g/mol. The fraction of sp³-hybridized carbons (Fsp3) is 1.00. The van der Waals surface area contributed by atoms with Crippen LogP contribution in [0.4, 0.5) is 0 Å². The Balaban J connectivity index is 2.00. The van der Waals surface area contributed by atoms with E-state index in [9.17, 15) is 5.11 Å². The molecule has 2 fully saturated rings. The highest BCUT2D eigenvalue weighted by Gasteiger charge is 2.43. The Morgan fingerprint density at radius 2 is 2.00 bits per heavy atom. The maximum Gasteiger partial charge on any atom is 0.0901 e. The molecule has 2 heterocycles. The minimum atomic E-state index is -0.508. The molecule has 2 atom stereocenters. The van der Waals surface area contributed by atoms with E-state index in [1.807, 2.05) is 0 Å². The number of rotatable bonds is 2. The van der Waals surface area contributed by atoms with E-state index in [0.717, 1.165) is 12.8 Å². The molecule has 0 amide bonds. The SMILES string of the molecule is COCC1(O)CC2CCC(C1)S2. The smallest absolute Gasteiger partial charge is 0.0901 e. The van der Waals surface area contributed by atoms with Crippen molar-refractivity contribution in [2.24, 2.45) is 0 Å². The van der Waals surface area contributed by atoms with Crippen LogP contribution in [0.2, 0.25) is 0 Å². The topological polar surface area (TPSA) is 29.5 Å². The van der Waals surface area contributed by atoms with Gasteiger partial charge in [0.15, 0.2) is 0 Å². The molecule has 12 heavy (non-hydrogen) atoms. The predicted octanol–water partition coefficient (Wildman–Crippen LogP) is 1.42. The van der Waals surface area contributed by atoms with E-state index in [4.69, 9.17) is 4.74 Å². The zero-order valence-electron chi connectivity index (χ0n) is 7.45. The highest BCUT2D eigenvalue weighted by molar-refractivity contribution is 8.00. The van der Waals surface area contributed by atoms with Crippen molar-refractivity contribution >= 4 is 11.8 Å². The minimum absolute atomic E-state index is 0.508. The molecule has 1 N–H and O–H groups in total. The van der Waals surface area contributed by atoms with Crippen molar-refractivity contribution in [3.8, 4) is 0 Å². The highest BCUT2D eigenvalue weighted by Crippen LogP contribution is 2.47. The molecule has 0 aromatic rings. The van der Waals surface area contributed by atoms with Crippen molar-refractivity contribution in [2.45, 2.75) is 41.8 Å². The molecule has 0 spiro atoms. The van der Waals surface area contributed by atoms with Gasteiger partial charge in [-0.05, 0) is 25.7 Å². The Morgan fingerprint density at radius 1 is 1.42 bits per heavy atom. The quantitative estimate of drug-likeness (QED) is 0.710. The Bertz CT molecular complexity index is 160. The second-order valence-corrected chi connectivity index (χ2v) is 5.63. The van der Waals surface area contributed by atoms with Gasteiger partial charge in [0.25, 0.3) is 0 Å². The zero-order valence-corrected chi connectivity index (χ0v) is 8.27. The maximum atomic E-state index is 10.1. The lowest BCUT2D eigenvalue weighted by Gasteiger charge is -2.35. The van der Waals surface area contributed by atoms with Crippen LogP contribution in [0, 0.1) is 0 Å². The summed E-state index contributed by atoms with van der Waals surface area (Å²) >= 11 is 2.06. The Labute approximate surface area is 77.7 Å². The van der Waals surface area contributed by atoms with Gasteiger partial charge in [-0.25, -0.2) is 0 Å². The number of thioether (sulfide) groups is 1. The number of hydrogen-bond acceptors (Lipinski definition) is 3. The molecular weight excluding hydrogens is 172 g/mol. The third kappa shape index (κ3) is 1.63. The van der Waals surface area contributed by atoms with Gasteiger partial charge in [0, 0.05) is 17.6 Å². The first kappa shape index (κ1) is 8.85. The van der Waals surface area contributed by atoms with Crippen molar-refractivity contribution in [2.75, 3.05) is 13.7 Å². The average molecular weight is 188 g/mol. The first-order valence-corrected chi connectivity index (χ1v) is 5.53. The Hall–Kier alpha value is 0.270. The fourth-order valence-electron chi connectivity index (χ4n) is 2.40. The van der Waals surface area contributed by atoms with Gasteiger partial charge in [-0.2, -0.15) is 11.8 Å². The molecule has 2 nitrogen and oxygen atoms in total. The van der Waals surface area contributed by atoms with Crippen LogP contribution < -0.4 is 0 Å². The molecule has 0 aromatic heterocycles. The first-order chi connectivity index (χ1) is 5.72. The van der Waals surface area contributed by atoms with E-state index in [1.54, 1.807) is 7.11 Å². The van der Waals surface area contributed by atoms with Gasteiger partial charge >= 0.3 is 0 Å². The number of ether oxygens (including phenoxy) is 1. The standard InChI is InChI=1S/C9H16O2S/c1-11-6-9(10)4-7-2-3-8(5-9)12-7/h7-8,10H,2-6H2,1H3. The lowest BCUT2D eigenvalue weighted by atomic mass is 9.95. The van der Waals surface area contributed by atoms with Crippen LogP contribution in [-0.4, -0.2) is 34.9 Å². The molecule has 2 bridgehead atoms. The summed E-state index contributed by atoms with van der Waals surface area (Å²) in [5.41, 5.74) is -0.508. The third-order valence-electron chi connectivity index (χ3n) is 2.82. The van der Waals surface area contributed by atoms with Gasteiger partial charge in [-0.15, -0.1) is 0 Å². The molecule has 2 saturated heterocycles. The van der Waals surface area contributed by atoms with Crippen molar-refractivity contribution in [1.82, 2.24) is 0 Å². The number of hydrogen-bond donors (Lipinski definition) is 1. The average Bonchev–Trinajstić information content (AvgIpc) is 2.31. The van der Waals surface area contributed by atoms with E-state index in [2.05, 4.69) is 11.8 Å². The fourth-order valence-corrected chi connectivity index (χ4v) is 4.30. The van der Waals surface area contributed by atoms with Gasteiger partial charge in [0.2, 0.25) is 0 Å². The summed E-state index contributed by atoms with van der Waals surface area (Å²) in [5.74, 6) is 0. The van der Waals surface area contributed by atoms with Crippen molar-refractivity contribution in [1.29, 1.82) is 0 Å². The molecular formula is C9H16O2S. The molecule has 3 heteroatoms.